The van der Waals surface area contributed by atoms with Crippen molar-refractivity contribution in [1.29, 1.82) is 0 Å². The first-order valence-corrected chi connectivity index (χ1v) is 9.74. The SMILES string of the molecule is NC(=O)c1c(NC(=O)COC(=O)c2cc3ccccc3o2)sc2c1CCCC2. The number of carbonyl (C=O) groups excluding carboxylic acids is 3. The van der Waals surface area contributed by atoms with Gasteiger partial charge in [-0.1, -0.05) is 18.2 Å². The molecule has 2 aromatic heterocycles. The second-order valence-corrected chi connectivity index (χ2v) is 7.66. The summed E-state index contributed by atoms with van der Waals surface area (Å²) in [6, 6.07) is 8.74. The van der Waals surface area contributed by atoms with E-state index in [1.807, 2.05) is 12.1 Å². The number of fused-ring (bicyclic) bond motifs is 2. The number of rotatable bonds is 5. The van der Waals surface area contributed by atoms with E-state index in [0.29, 0.717) is 16.1 Å². The number of para-hydroxylation sites is 1. The van der Waals surface area contributed by atoms with Crippen molar-refractivity contribution in [3.8, 4) is 0 Å². The first kappa shape index (κ1) is 18.2. The lowest BCUT2D eigenvalue weighted by Gasteiger charge is -2.11. The van der Waals surface area contributed by atoms with Crippen LogP contribution in [0.1, 0.15) is 44.2 Å². The van der Waals surface area contributed by atoms with E-state index in [1.54, 1.807) is 18.2 Å². The van der Waals surface area contributed by atoms with Crippen molar-refractivity contribution in [3.63, 3.8) is 0 Å². The highest BCUT2D eigenvalue weighted by Crippen LogP contribution is 2.37. The third kappa shape index (κ3) is 3.50. The quantitative estimate of drug-likeness (QED) is 0.641. The Bertz CT molecular complexity index is 1050. The number of hydrogen-bond donors (Lipinski definition) is 2. The first-order chi connectivity index (χ1) is 13.5. The van der Waals surface area contributed by atoms with Crippen LogP contribution in [0.4, 0.5) is 5.00 Å². The second-order valence-electron chi connectivity index (χ2n) is 6.55. The smallest absolute Gasteiger partial charge is 0.374 e. The van der Waals surface area contributed by atoms with Crippen LogP contribution in [0.25, 0.3) is 11.0 Å². The zero-order chi connectivity index (χ0) is 19.7. The van der Waals surface area contributed by atoms with Gasteiger partial charge in [-0.05, 0) is 43.4 Å². The molecule has 0 spiro atoms. The van der Waals surface area contributed by atoms with E-state index in [0.717, 1.165) is 41.5 Å². The zero-order valence-corrected chi connectivity index (χ0v) is 15.8. The minimum atomic E-state index is -0.730. The van der Waals surface area contributed by atoms with Gasteiger partial charge in [0, 0.05) is 10.3 Å². The van der Waals surface area contributed by atoms with E-state index in [9.17, 15) is 14.4 Å². The van der Waals surface area contributed by atoms with Crippen LogP contribution in [0.2, 0.25) is 0 Å². The molecule has 0 saturated heterocycles. The Kier molecular flexibility index (Phi) is 4.87. The molecule has 0 aliphatic heterocycles. The van der Waals surface area contributed by atoms with Gasteiger partial charge in [-0.3, -0.25) is 9.59 Å². The van der Waals surface area contributed by atoms with E-state index in [4.69, 9.17) is 14.9 Å². The molecule has 3 N–H and O–H groups in total. The standard InChI is InChI=1S/C20H18N2O5S/c21-18(24)17-12-6-2-4-8-15(12)28-19(17)22-16(23)10-26-20(25)14-9-11-5-1-3-7-13(11)27-14/h1,3,5,7,9H,2,4,6,8,10H2,(H2,21,24)(H,22,23). The van der Waals surface area contributed by atoms with Gasteiger partial charge >= 0.3 is 5.97 Å². The van der Waals surface area contributed by atoms with Crippen LogP contribution >= 0.6 is 11.3 Å². The maximum Gasteiger partial charge on any atom is 0.374 e. The molecule has 0 atom stereocenters. The number of ether oxygens (including phenoxy) is 1. The molecule has 0 fully saturated rings. The van der Waals surface area contributed by atoms with Crippen molar-refractivity contribution in [2.75, 3.05) is 11.9 Å². The van der Waals surface area contributed by atoms with Gasteiger partial charge in [-0.2, -0.15) is 0 Å². The monoisotopic (exact) mass is 398 g/mol. The molecule has 2 amide bonds. The molecule has 144 valence electrons. The van der Waals surface area contributed by atoms with E-state index in [-0.39, 0.29) is 5.76 Å². The van der Waals surface area contributed by atoms with Crippen LogP contribution in [-0.4, -0.2) is 24.4 Å². The number of benzene rings is 1. The molecule has 7 nitrogen and oxygen atoms in total. The third-order valence-electron chi connectivity index (χ3n) is 4.63. The number of hydrogen-bond acceptors (Lipinski definition) is 6. The molecule has 0 radical (unpaired) electrons. The van der Waals surface area contributed by atoms with Gasteiger partial charge in [0.05, 0.1) is 5.56 Å². The third-order valence-corrected chi connectivity index (χ3v) is 5.84. The highest BCUT2D eigenvalue weighted by Gasteiger charge is 2.25. The van der Waals surface area contributed by atoms with Gasteiger partial charge in [0.15, 0.2) is 6.61 Å². The minimum Gasteiger partial charge on any atom is -0.450 e. The lowest BCUT2D eigenvalue weighted by atomic mass is 9.95. The van der Waals surface area contributed by atoms with Gasteiger partial charge in [0.1, 0.15) is 10.6 Å². The van der Waals surface area contributed by atoms with Crippen molar-refractivity contribution in [2.24, 2.45) is 5.73 Å². The van der Waals surface area contributed by atoms with Crippen LogP contribution in [0.15, 0.2) is 34.7 Å². The molecule has 1 aliphatic carbocycles. The van der Waals surface area contributed by atoms with E-state index in [1.165, 1.54) is 11.3 Å². The number of carbonyl (C=O) groups is 3. The molecular formula is C20H18N2O5S. The summed E-state index contributed by atoms with van der Waals surface area (Å²) in [5, 5.41) is 3.85. The van der Waals surface area contributed by atoms with Crippen LogP contribution in [0, 0.1) is 0 Å². The maximum absolute atomic E-state index is 12.2. The van der Waals surface area contributed by atoms with Crippen LogP contribution < -0.4 is 11.1 Å². The summed E-state index contributed by atoms with van der Waals surface area (Å²) in [6.45, 7) is -0.489. The summed E-state index contributed by atoms with van der Waals surface area (Å²) in [4.78, 5) is 37.3. The molecule has 28 heavy (non-hydrogen) atoms. The molecule has 0 bridgehead atoms. The predicted molar refractivity (Wildman–Crippen MR) is 105 cm³/mol. The molecule has 1 aliphatic rings. The lowest BCUT2D eigenvalue weighted by molar-refractivity contribution is -0.119. The molecular weight excluding hydrogens is 380 g/mol. The number of primary amides is 1. The first-order valence-electron chi connectivity index (χ1n) is 8.93. The summed E-state index contributed by atoms with van der Waals surface area (Å²) in [5.74, 6) is -1.80. The minimum absolute atomic E-state index is 0.0263. The Morgan fingerprint density at radius 3 is 2.75 bits per heavy atom. The number of aryl methyl sites for hydroxylation is 1. The fraction of sp³-hybridized carbons (Fsp3) is 0.250. The summed E-state index contributed by atoms with van der Waals surface area (Å²) in [7, 11) is 0. The molecule has 0 saturated carbocycles. The lowest BCUT2D eigenvalue weighted by Crippen LogP contribution is -2.22. The fourth-order valence-corrected chi connectivity index (χ4v) is 4.67. The van der Waals surface area contributed by atoms with E-state index >= 15 is 0 Å². The van der Waals surface area contributed by atoms with Crippen molar-refractivity contribution in [2.45, 2.75) is 25.7 Å². The Labute approximate surface area is 164 Å². The fourth-order valence-electron chi connectivity index (χ4n) is 3.36. The van der Waals surface area contributed by atoms with Gasteiger partial charge in [-0.15, -0.1) is 11.3 Å². The van der Waals surface area contributed by atoms with E-state index in [2.05, 4.69) is 5.32 Å². The molecule has 2 heterocycles. The number of furan rings is 1. The largest absolute Gasteiger partial charge is 0.450 e. The number of anilines is 1. The topological polar surface area (TPSA) is 112 Å². The van der Waals surface area contributed by atoms with Crippen molar-refractivity contribution >= 4 is 45.1 Å². The van der Waals surface area contributed by atoms with Crippen molar-refractivity contribution in [3.05, 3.63) is 52.1 Å². The predicted octanol–water partition coefficient (Wildman–Crippen LogP) is 3.27. The van der Waals surface area contributed by atoms with E-state index < -0.39 is 24.4 Å². The highest BCUT2D eigenvalue weighted by molar-refractivity contribution is 7.17. The molecule has 4 rings (SSSR count). The van der Waals surface area contributed by atoms with Crippen molar-refractivity contribution < 1.29 is 23.5 Å². The Morgan fingerprint density at radius 2 is 1.96 bits per heavy atom. The summed E-state index contributed by atoms with van der Waals surface area (Å²) in [6.07, 6.45) is 3.69. The second kappa shape index (κ2) is 7.47. The zero-order valence-electron chi connectivity index (χ0n) is 14.9. The molecule has 0 unspecified atom stereocenters. The van der Waals surface area contributed by atoms with Gasteiger partial charge in [0.25, 0.3) is 11.8 Å². The summed E-state index contributed by atoms with van der Waals surface area (Å²) in [5.41, 5.74) is 7.38. The Hall–Kier alpha value is -3.13. The summed E-state index contributed by atoms with van der Waals surface area (Å²) >= 11 is 1.36. The maximum atomic E-state index is 12.2. The molecule has 1 aromatic carbocycles. The number of esters is 1. The summed E-state index contributed by atoms with van der Waals surface area (Å²) < 4.78 is 10.5. The number of thiophene rings is 1. The average molecular weight is 398 g/mol. The number of amides is 2. The number of nitrogens with two attached hydrogens (primary N) is 1. The Morgan fingerprint density at radius 1 is 1.18 bits per heavy atom. The molecule has 8 heteroatoms. The van der Waals surface area contributed by atoms with Gasteiger partial charge in [0.2, 0.25) is 5.76 Å². The van der Waals surface area contributed by atoms with Crippen LogP contribution in [0.5, 0.6) is 0 Å². The molecule has 3 aromatic rings. The average Bonchev–Trinajstić information content (AvgIpc) is 3.27. The number of nitrogens with one attached hydrogen (secondary N) is 1. The van der Waals surface area contributed by atoms with Crippen molar-refractivity contribution in [1.82, 2.24) is 0 Å². The van der Waals surface area contributed by atoms with Crippen LogP contribution in [0.3, 0.4) is 0 Å². The Balaban J connectivity index is 1.42. The van der Waals surface area contributed by atoms with Gasteiger partial charge in [-0.25, -0.2) is 4.79 Å². The van der Waals surface area contributed by atoms with Crippen LogP contribution in [-0.2, 0) is 22.4 Å². The normalized spacial score (nSPS) is 13.1. The van der Waals surface area contributed by atoms with Gasteiger partial charge < -0.3 is 20.2 Å². The highest BCUT2D eigenvalue weighted by atomic mass is 32.1.